The molecule has 17 heavy (non-hydrogen) atoms. The number of nitrogens with one attached hydrogen (secondary N) is 1. The van der Waals surface area contributed by atoms with Crippen LogP contribution in [0.3, 0.4) is 0 Å². The lowest BCUT2D eigenvalue weighted by atomic mass is 10.1. The van der Waals surface area contributed by atoms with Gasteiger partial charge in [0.15, 0.2) is 0 Å². The lowest BCUT2D eigenvalue weighted by Gasteiger charge is -2.22. The smallest absolute Gasteiger partial charge is 0.340 e. The maximum Gasteiger partial charge on any atom is 0.340 e. The number of aryl methyl sites for hydroxylation is 1. The summed E-state index contributed by atoms with van der Waals surface area (Å²) in [6.07, 6.45) is 1.64. The fourth-order valence-corrected chi connectivity index (χ4v) is 4.01. The molecule has 94 valence electrons. The van der Waals surface area contributed by atoms with Crippen LogP contribution in [0.15, 0.2) is 0 Å². The molecule has 0 aliphatic carbocycles. The Bertz CT molecular complexity index is 448. The number of nitrogens with zero attached hydrogens (tertiary/aromatic N) is 1. The molecular weight excluding hydrogens is 260 g/mol. The first kappa shape index (κ1) is 12.5. The quantitative estimate of drug-likeness (QED) is 0.872. The summed E-state index contributed by atoms with van der Waals surface area (Å²) in [5.74, 6) is 0.438. The topological polar surface area (TPSA) is 79.3 Å². The van der Waals surface area contributed by atoms with Crippen molar-refractivity contribution in [2.24, 2.45) is 0 Å². The molecule has 1 aromatic heterocycles. The monoisotopic (exact) mass is 274 g/mol. The molecule has 0 saturated carbocycles. The van der Waals surface area contributed by atoms with Gasteiger partial charge in [-0.05, 0) is 31.3 Å². The van der Waals surface area contributed by atoms with Gasteiger partial charge in [0.25, 0.3) is 0 Å². The number of carbonyl (C=O) groups is 1. The third-order valence-corrected chi connectivity index (χ3v) is 5.05. The first-order chi connectivity index (χ1) is 8.08. The highest BCUT2D eigenvalue weighted by molar-refractivity contribution is 7.85. The first-order valence-electron chi connectivity index (χ1n) is 5.39. The van der Waals surface area contributed by atoms with Crippen LogP contribution in [0.5, 0.6) is 0 Å². The minimum Gasteiger partial charge on any atom is -0.478 e. The number of hydrogen-bond donors (Lipinski definition) is 2. The van der Waals surface area contributed by atoms with Crippen LogP contribution >= 0.6 is 11.5 Å². The van der Waals surface area contributed by atoms with E-state index in [1.807, 2.05) is 0 Å². The minimum absolute atomic E-state index is 0.214. The van der Waals surface area contributed by atoms with Crippen molar-refractivity contribution in [1.29, 1.82) is 0 Å². The molecule has 1 aliphatic heterocycles. The lowest BCUT2D eigenvalue weighted by molar-refractivity contribution is 0.0697. The summed E-state index contributed by atoms with van der Waals surface area (Å²) in [6.45, 7) is 1.70. The Morgan fingerprint density at radius 2 is 2.18 bits per heavy atom. The molecule has 0 spiro atoms. The normalized spacial score (nSPS) is 24.5. The van der Waals surface area contributed by atoms with Gasteiger partial charge in [0.1, 0.15) is 10.6 Å². The average Bonchev–Trinajstić information content (AvgIpc) is 2.63. The number of aromatic carboxylic acids is 1. The second-order valence-electron chi connectivity index (χ2n) is 4.04. The molecule has 2 N–H and O–H groups in total. The number of aromatic nitrogens is 1. The summed E-state index contributed by atoms with van der Waals surface area (Å²) in [5, 5.41) is 12.9. The van der Waals surface area contributed by atoms with Crippen molar-refractivity contribution in [3.05, 3.63) is 11.3 Å². The van der Waals surface area contributed by atoms with Crippen LogP contribution in [0, 0.1) is 6.92 Å². The minimum atomic E-state index is -0.946. The van der Waals surface area contributed by atoms with Gasteiger partial charge in [0, 0.05) is 28.3 Å². The van der Waals surface area contributed by atoms with E-state index in [-0.39, 0.29) is 11.6 Å². The van der Waals surface area contributed by atoms with E-state index in [9.17, 15) is 9.00 Å². The average molecular weight is 274 g/mol. The molecule has 0 amide bonds. The van der Waals surface area contributed by atoms with E-state index < -0.39 is 16.8 Å². The van der Waals surface area contributed by atoms with Gasteiger partial charge in [0.2, 0.25) is 0 Å². The zero-order chi connectivity index (χ0) is 12.4. The molecule has 1 aliphatic rings. The Morgan fingerprint density at radius 3 is 2.76 bits per heavy atom. The SMILES string of the molecule is Cc1nsc(NC2CCS(=O)CC2)c1C(=O)O. The van der Waals surface area contributed by atoms with Crippen molar-refractivity contribution < 1.29 is 14.1 Å². The zero-order valence-corrected chi connectivity index (χ0v) is 11.1. The van der Waals surface area contributed by atoms with Gasteiger partial charge in [0.05, 0.1) is 5.69 Å². The van der Waals surface area contributed by atoms with Crippen molar-refractivity contribution in [3.8, 4) is 0 Å². The Hall–Kier alpha value is -0.950. The molecule has 7 heteroatoms. The van der Waals surface area contributed by atoms with E-state index in [2.05, 4.69) is 9.69 Å². The lowest BCUT2D eigenvalue weighted by Crippen LogP contribution is -2.29. The van der Waals surface area contributed by atoms with E-state index in [4.69, 9.17) is 5.11 Å². The third kappa shape index (κ3) is 2.84. The van der Waals surface area contributed by atoms with E-state index in [1.165, 1.54) is 11.5 Å². The van der Waals surface area contributed by atoms with E-state index in [0.717, 1.165) is 12.8 Å². The van der Waals surface area contributed by atoms with Gasteiger partial charge >= 0.3 is 5.97 Å². The second kappa shape index (κ2) is 5.14. The molecule has 5 nitrogen and oxygen atoms in total. The summed E-state index contributed by atoms with van der Waals surface area (Å²) < 4.78 is 15.3. The Kier molecular flexibility index (Phi) is 3.78. The van der Waals surface area contributed by atoms with Crippen molar-refractivity contribution >= 4 is 33.3 Å². The van der Waals surface area contributed by atoms with Gasteiger partial charge < -0.3 is 10.4 Å². The number of carboxylic acids is 1. The molecule has 0 atom stereocenters. The van der Waals surface area contributed by atoms with Crippen LogP contribution in [-0.4, -0.2) is 37.2 Å². The molecule has 0 aromatic carbocycles. The first-order valence-corrected chi connectivity index (χ1v) is 7.65. The van der Waals surface area contributed by atoms with Crippen molar-refractivity contribution in [1.82, 2.24) is 4.37 Å². The van der Waals surface area contributed by atoms with Crippen LogP contribution in [0.4, 0.5) is 5.00 Å². The Balaban J connectivity index is 2.08. The summed E-state index contributed by atoms with van der Waals surface area (Å²) >= 11 is 1.18. The largest absolute Gasteiger partial charge is 0.478 e. The molecule has 0 bridgehead atoms. The van der Waals surface area contributed by atoms with Crippen molar-refractivity contribution in [3.63, 3.8) is 0 Å². The number of hydrogen-bond acceptors (Lipinski definition) is 5. The highest BCUT2D eigenvalue weighted by Gasteiger charge is 2.22. The van der Waals surface area contributed by atoms with Crippen LogP contribution in [-0.2, 0) is 10.8 Å². The van der Waals surface area contributed by atoms with Crippen molar-refractivity contribution in [2.45, 2.75) is 25.8 Å². The molecule has 1 aromatic rings. The van der Waals surface area contributed by atoms with Crippen molar-refractivity contribution in [2.75, 3.05) is 16.8 Å². The van der Waals surface area contributed by atoms with Gasteiger partial charge in [-0.1, -0.05) is 0 Å². The molecular formula is C10H14N2O3S2. The zero-order valence-electron chi connectivity index (χ0n) is 9.43. The van der Waals surface area contributed by atoms with E-state index in [0.29, 0.717) is 22.2 Å². The summed E-state index contributed by atoms with van der Waals surface area (Å²) in [7, 11) is -0.696. The van der Waals surface area contributed by atoms with E-state index >= 15 is 0 Å². The highest BCUT2D eigenvalue weighted by atomic mass is 32.2. The van der Waals surface area contributed by atoms with Crippen LogP contribution < -0.4 is 5.32 Å². The number of carboxylic acid groups (broad SMARTS) is 1. The fraction of sp³-hybridized carbons (Fsp3) is 0.600. The third-order valence-electron chi connectivity index (χ3n) is 2.80. The summed E-state index contributed by atoms with van der Waals surface area (Å²) in [6, 6.07) is 0.214. The second-order valence-corrected chi connectivity index (χ2v) is 6.51. The Labute approximate surface area is 106 Å². The molecule has 0 radical (unpaired) electrons. The number of anilines is 1. The van der Waals surface area contributed by atoms with E-state index in [1.54, 1.807) is 6.92 Å². The summed E-state index contributed by atoms with van der Waals surface area (Å²) in [5.41, 5.74) is 0.811. The standard InChI is InChI=1S/C10H14N2O3S2/c1-6-8(10(13)14)9(16-12-6)11-7-2-4-17(15)5-3-7/h7,11H,2-5H2,1H3,(H,13,14). The predicted molar refractivity (Wildman–Crippen MR) is 68.3 cm³/mol. The van der Waals surface area contributed by atoms with Gasteiger partial charge in [-0.25, -0.2) is 4.79 Å². The fourth-order valence-electron chi connectivity index (χ4n) is 1.84. The van der Waals surface area contributed by atoms with Crippen LogP contribution in [0.2, 0.25) is 0 Å². The maximum absolute atomic E-state index is 11.2. The molecule has 1 fully saturated rings. The highest BCUT2D eigenvalue weighted by Crippen LogP contribution is 2.27. The van der Waals surface area contributed by atoms with Crippen LogP contribution in [0.25, 0.3) is 0 Å². The maximum atomic E-state index is 11.2. The van der Waals surface area contributed by atoms with Crippen LogP contribution in [0.1, 0.15) is 28.9 Å². The molecule has 2 rings (SSSR count). The van der Waals surface area contributed by atoms with Gasteiger partial charge in [-0.3, -0.25) is 4.21 Å². The summed E-state index contributed by atoms with van der Waals surface area (Å²) in [4.78, 5) is 11.1. The molecule has 1 saturated heterocycles. The van der Waals surface area contributed by atoms with Gasteiger partial charge in [-0.2, -0.15) is 4.37 Å². The van der Waals surface area contributed by atoms with Gasteiger partial charge in [-0.15, -0.1) is 0 Å². The molecule has 0 unspecified atom stereocenters. The molecule has 2 heterocycles. The number of rotatable bonds is 3. The Morgan fingerprint density at radius 1 is 1.53 bits per heavy atom. The predicted octanol–water partition coefficient (Wildman–Crippen LogP) is 1.47.